The summed E-state index contributed by atoms with van der Waals surface area (Å²) >= 11 is 1.55. The standard InChI is InChI=1S/C12H8N2O2S/c15-9-4-1-3-8(7-9)12-13-11(14-16-12)10-5-2-6-17-10/h1-7,15H. The third kappa shape index (κ3) is 1.92. The third-order valence-corrected chi connectivity index (χ3v) is 3.13. The molecule has 0 fully saturated rings. The number of rotatable bonds is 2. The van der Waals surface area contributed by atoms with Crippen LogP contribution in [-0.2, 0) is 0 Å². The third-order valence-electron chi connectivity index (χ3n) is 2.26. The van der Waals surface area contributed by atoms with Crippen LogP contribution in [0.3, 0.4) is 0 Å². The molecular weight excluding hydrogens is 236 g/mol. The molecule has 5 heteroatoms. The molecule has 2 aromatic heterocycles. The van der Waals surface area contributed by atoms with E-state index in [-0.39, 0.29) is 5.75 Å². The Bertz CT molecular complexity index is 632. The number of phenolic OH excluding ortho intramolecular Hbond substituents is 1. The Morgan fingerprint density at radius 1 is 1.18 bits per heavy atom. The number of aromatic nitrogens is 2. The molecule has 3 aromatic rings. The fourth-order valence-corrected chi connectivity index (χ4v) is 2.13. The van der Waals surface area contributed by atoms with Crippen LogP contribution in [0.4, 0.5) is 0 Å². The molecule has 3 rings (SSSR count). The van der Waals surface area contributed by atoms with Crippen LogP contribution in [0.2, 0.25) is 0 Å². The Morgan fingerprint density at radius 3 is 2.88 bits per heavy atom. The van der Waals surface area contributed by atoms with Crippen LogP contribution in [0.5, 0.6) is 5.75 Å². The molecular formula is C12H8N2O2S. The normalized spacial score (nSPS) is 10.6. The van der Waals surface area contributed by atoms with Crippen LogP contribution in [-0.4, -0.2) is 15.2 Å². The number of aromatic hydroxyl groups is 1. The largest absolute Gasteiger partial charge is 0.508 e. The average Bonchev–Trinajstić information content (AvgIpc) is 3.00. The maximum atomic E-state index is 9.38. The van der Waals surface area contributed by atoms with Crippen LogP contribution in [0, 0.1) is 0 Å². The summed E-state index contributed by atoms with van der Waals surface area (Å²) in [5.41, 5.74) is 0.709. The minimum atomic E-state index is 0.179. The summed E-state index contributed by atoms with van der Waals surface area (Å²) in [6, 6.07) is 10.6. The molecule has 0 atom stereocenters. The van der Waals surface area contributed by atoms with Crippen LogP contribution in [0.25, 0.3) is 22.2 Å². The van der Waals surface area contributed by atoms with Gasteiger partial charge in [0, 0.05) is 5.56 Å². The van der Waals surface area contributed by atoms with Crippen molar-refractivity contribution in [3.05, 3.63) is 41.8 Å². The Labute approximate surface area is 101 Å². The van der Waals surface area contributed by atoms with E-state index in [9.17, 15) is 5.11 Å². The second-order valence-electron chi connectivity index (χ2n) is 3.45. The second-order valence-corrected chi connectivity index (χ2v) is 4.40. The molecule has 2 heterocycles. The van der Waals surface area contributed by atoms with Gasteiger partial charge < -0.3 is 9.63 Å². The zero-order valence-corrected chi connectivity index (χ0v) is 9.52. The first-order valence-corrected chi connectivity index (χ1v) is 5.88. The Kier molecular flexibility index (Phi) is 2.38. The van der Waals surface area contributed by atoms with E-state index in [2.05, 4.69) is 10.1 Å². The quantitative estimate of drug-likeness (QED) is 0.752. The van der Waals surface area contributed by atoms with E-state index in [1.807, 2.05) is 23.6 Å². The fraction of sp³-hybridized carbons (Fsp3) is 0. The summed E-state index contributed by atoms with van der Waals surface area (Å²) in [7, 11) is 0. The van der Waals surface area contributed by atoms with E-state index in [1.54, 1.807) is 29.5 Å². The van der Waals surface area contributed by atoms with Gasteiger partial charge in [-0.25, -0.2) is 0 Å². The average molecular weight is 244 g/mol. The number of thiophene rings is 1. The number of nitrogens with zero attached hydrogens (tertiary/aromatic N) is 2. The van der Waals surface area contributed by atoms with Gasteiger partial charge in [0.05, 0.1) is 4.88 Å². The van der Waals surface area contributed by atoms with Crippen LogP contribution in [0.15, 0.2) is 46.3 Å². The monoisotopic (exact) mass is 244 g/mol. The lowest BCUT2D eigenvalue weighted by Gasteiger charge is -1.94. The first-order chi connectivity index (χ1) is 8.33. The van der Waals surface area contributed by atoms with E-state index in [1.165, 1.54) is 0 Å². The van der Waals surface area contributed by atoms with Gasteiger partial charge in [0.15, 0.2) is 0 Å². The molecule has 0 saturated carbocycles. The van der Waals surface area contributed by atoms with Gasteiger partial charge in [0.25, 0.3) is 5.89 Å². The highest BCUT2D eigenvalue weighted by molar-refractivity contribution is 7.13. The molecule has 84 valence electrons. The molecule has 0 aliphatic carbocycles. The fourth-order valence-electron chi connectivity index (χ4n) is 1.49. The van der Waals surface area contributed by atoms with Gasteiger partial charge in [0.2, 0.25) is 5.82 Å². The van der Waals surface area contributed by atoms with Gasteiger partial charge in [-0.05, 0) is 29.6 Å². The van der Waals surface area contributed by atoms with Crippen LogP contribution < -0.4 is 0 Å². The van der Waals surface area contributed by atoms with Crippen molar-refractivity contribution in [3.8, 4) is 27.9 Å². The first kappa shape index (κ1) is 10.0. The van der Waals surface area contributed by atoms with Crippen LogP contribution >= 0.6 is 11.3 Å². The molecule has 4 nitrogen and oxygen atoms in total. The van der Waals surface area contributed by atoms with Gasteiger partial charge in [-0.15, -0.1) is 11.3 Å². The maximum Gasteiger partial charge on any atom is 0.258 e. The molecule has 1 N–H and O–H groups in total. The number of hydrogen-bond acceptors (Lipinski definition) is 5. The number of hydrogen-bond donors (Lipinski definition) is 1. The predicted octanol–water partition coefficient (Wildman–Crippen LogP) is 3.17. The summed E-state index contributed by atoms with van der Waals surface area (Å²) in [5.74, 6) is 1.15. The molecule has 0 aliphatic heterocycles. The predicted molar refractivity (Wildman–Crippen MR) is 64.7 cm³/mol. The van der Waals surface area contributed by atoms with Crippen molar-refractivity contribution in [3.63, 3.8) is 0 Å². The molecule has 0 spiro atoms. The Balaban J connectivity index is 2.01. The molecule has 17 heavy (non-hydrogen) atoms. The molecule has 0 unspecified atom stereocenters. The lowest BCUT2D eigenvalue weighted by molar-refractivity contribution is 0.431. The van der Waals surface area contributed by atoms with Gasteiger partial charge in [0.1, 0.15) is 5.75 Å². The molecule has 1 aromatic carbocycles. The highest BCUT2D eigenvalue weighted by Crippen LogP contribution is 2.26. The Morgan fingerprint density at radius 2 is 2.12 bits per heavy atom. The van der Waals surface area contributed by atoms with Crippen molar-refractivity contribution in [1.82, 2.24) is 10.1 Å². The van der Waals surface area contributed by atoms with Crippen molar-refractivity contribution >= 4 is 11.3 Å². The minimum Gasteiger partial charge on any atom is -0.508 e. The lowest BCUT2D eigenvalue weighted by atomic mass is 10.2. The van der Waals surface area contributed by atoms with E-state index in [0.717, 1.165) is 4.88 Å². The summed E-state index contributed by atoms with van der Waals surface area (Å²) < 4.78 is 5.16. The SMILES string of the molecule is Oc1cccc(-c2nc(-c3cccs3)no2)c1. The molecule has 0 saturated heterocycles. The van der Waals surface area contributed by atoms with Crippen molar-refractivity contribution in [1.29, 1.82) is 0 Å². The molecule has 0 radical (unpaired) electrons. The maximum absolute atomic E-state index is 9.38. The van der Waals surface area contributed by atoms with E-state index < -0.39 is 0 Å². The lowest BCUT2D eigenvalue weighted by Crippen LogP contribution is -1.78. The number of phenols is 1. The smallest absolute Gasteiger partial charge is 0.258 e. The highest BCUT2D eigenvalue weighted by atomic mass is 32.1. The minimum absolute atomic E-state index is 0.179. The van der Waals surface area contributed by atoms with Crippen molar-refractivity contribution in [2.24, 2.45) is 0 Å². The topological polar surface area (TPSA) is 59.2 Å². The summed E-state index contributed by atoms with van der Waals surface area (Å²) in [4.78, 5) is 5.24. The van der Waals surface area contributed by atoms with Gasteiger partial charge in [-0.2, -0.15) is 4.98 Å². The highest BCUT2D eigenvalue weighted by Gasteiger charge is 2.11. The summed E-state index contributed by atoms with van der Waals surface area (Å²) in [5, 5.41) is 15.2. The van der Waals surface area contributed by atoms with Crippen molar-refractivity contribution in [2.45, 2.75) is 0 Å². The van der Waals surface area contributed by atoms with Crippen molar-refractivity contribution < 1.29 is 9.63 Å². The molecule has 0 bridgehead atoms. The van der Waals surface area contributed by atoms with Gasteiger partial charge in [-0.3, -0.25) is 0 Å². The van der Waals surface area contributed by atoms with Crippen LogP contribution in [0.1, 0.15) is 0 Å². The van der Waals surface area contributed by atoms with Gasteiger partial charge >= 0.3 is 0 Å². The zero-order valence-electron chi connectivity index (χ0n) is 8.70. The first-order valence-electron chi connectivity index (χ1n) is 5.00. The Hall–Kier alpha value is -2.14. The van der Waals surface area contributed by atoms with Gasteiger partial charge in [-0.1, -0.05) is 17.3 Å². The van der Waals surface area contributed by atoms with E-state index in [4.69, 9.17) is 4.52 Å². The summed E-state index contributed by atoms with van der Waals surface area (Å²) in [6.07, 6.45) is 0. The second kappa shape index (κ2) is 4.03. The number of benzene rings is 1. The van der Waals surface area contributed by atoms with Crippen molar-refractivity contribution in [2.75, 3.05) is 0 Å². The molecule has 0 amide bonds. The summed E-state index contributed by atoms with van der Waals surface area (Å²) in [6.45, 7) is 0. The zero-order chi connectivity index (χ0) is 11.7. The van der Waals surface area contributed by atoms with E-state index >= 15 is 0 Å². The molecule has 0 aliphatic rings. The van der Waals surface area contributed by atoms with E-state index in [0.29, 0.717) is 17.3 Å².